The summed E-state index contributed by atoms with van der Waals surface area (Å²) < 4.78 is 12.5. The summed E-state index contributed by atoms with van der Waals surface area (Å²) in [5, 5.41) is 0. The van der Waals surface area contributed by atoms with Crippen LogP contribution in [0, 0.1) is 6.92 Å². The van der Waals surface area contributed by atoms with Gasteiger partial charge in [0, 0.05) is 6.07 Å². The van der Waals surface area contributed by atoms with Crippen molar-refractivity contribution < 1.29 is 9.15 Å². The van der Waals surface area contributed by atoms with Gasteiger partial charge in [-0.2, -0.15) is 0 Å². The molecule has 0 radical (unpaired) electrons. The quantitative estimate of drug-likeness (QED) is 0.777. The third-order valence-corrected chi connectivity index (χ3v) is 2.95. The number of methoxy groups -OCH3 is 1. The summed E-state index contributed by atoms with van der Waals surface area (Å²) in [4.78, 5) is 8.49. The number of aryl methyl sites for hydroxylation is 1. The van der Waals surface area contributed by atoms with E-state index in [-0.39, 0.29) is 0 Å². The first-order valence-corrected chi connectivity index (χ1v) is 5.88. The Morgan fingerprint density at radius 3 is 2.95 bits per heavy atom. The maximum Gasteiger partial charge on any atom is 0.214 e. The molecule has 0 unspecified atom stereocenters. The Kier molecular flexibility index (Phi) is 2.63. The first-order valence-electron chi connectivity index (χ1n) is 5.88. The van der Waals surface area contributed by atoms with Gasteiger partial charge in [0.15, 0.2) is 0 Å². The molecule has 19 heavy (non-hydrogen) atoms. The number of oxazole rings is 1. The summed E-state index contributed by atoms with van der Waals surface area (Å²) in [7, 11) is 1.63. The Bertz CT molecular complexity index is 729. The van der Waals surface area contributed by atoms with Gasteiger partial charge in [0.2, 0.25) is 11.8 Å². The van der Waals surface area contributed by atoms with Crippen LogP contribution in [0.1, 0.15) is 11.7 Å². The molecule has 6 nitrogen and oxygen atoms in total. The lowest BCUT2D eigenvalue weighted by molar-refractivity contribution is 0.415. The fraction of sp³-hybridized carbons (Fsp3) is 0.231. The van der Waals surface area contributed by atoms with Crippen LogP contribution < -0.4 is 10.5 Å². The normalized spacial score (nSPS) is 11.1. The van der Waals surface area contributed by atoms with Crippen LogP contribution in [0.2, 0.25) is 0 Å². The minimum Gasteiger partial charge on any atom is -0.497 e. The van der Waals surface area contributed by atoms with Gasteiger partial charge >= 0.3 is 0 Å². The van der Waals surface area contributed by atoms with Gasteiger partial charge in [0.1, 0.15) is 18.1 Å². The topological polar surface area (TPSA) is 79.1 Å². The molecule has 3 aromatic rings. The Balaban J connectivity index is 2.08. The van der Waals surface area contributed by atoms with Gasteiger partial charge in [-0.05, 0) is 19.1 Å². The van der Waals surface area contributed by atoms with Crippen LogP contribution in [0.4, 0.5) is 5.95 Å². The number of benzene rings is 1. The highest BCUT2D eigenvalue weighted by molar-refractivity contribution is 5.80. The van der Waals surface area contributed by atoms with Crippen molar-refractivity contribution >= 4 is 17.0 Å². The number of hydrogen-bond acceptors (Lipinski definition) is 5. The van der Waals surface area contributed by atoms with E-state index < -0.39 is 0 Å². The number of hydrogen-bond donors (Lipinski definition) is 1. The van der Waals surface area contributed by atoms with E-state index >= 15 is 0 Å². The van der Waals surface area contributed by atoms with E-state index in [1.165, 1.54) is 0 Å². The van der Waals surface area contributed by atoms with Crippen LogP contribution in [0.25, 0.3) is 11.0 Å². The lowest BCUT2D eigenvalue weighted by Crippen LogP contribution is -2.04. The van der Waals surface area contributed by atoms with Gasteiger partial charge in [-0.1, -0.05) is 0 Å². The van der Waals surface area contributed by atoms with Gasteiger partial charge in [-0.3, -0.25) is 0 Å². The molecule has 0 spiro atoms. The van der Waals surface area contributed by atoms with Gasteiger partial charge in [-0.25, -0.2) is 9.97 Å². The molecule has 6 heteroatoms. The van der Waals surface area contributed by atoms with Crippen LogP contribution in [0.15, 0.2) is 28.8 Å². The lowest BCUT2D eigenvalue weighted by atomic mass is 10.3. The Hall–Kier alpha value is -2.50. The second kappa shape index (κ2) is 4.31. The molecule has 3 rings (SSSR count). The van der Waals surface area contributed by atoms with E-state index in [1.807, 2.05) is 29.7 Å². The lowest BCUT2D eigenvalue weighted by Gasteiger charge is -2.04. The standard InChI is InChI=1S/C13H14N4O2/c1-8-6-15-12(19-8)7-17-11-5-9(18-2)3-4-10(11)16-13(17)14/h3-6H,7H2,1-2H3,(H2,14,16). The van der Waals surface area contributed by atoms with Gasteiger partial charge < -0.3 is 19.5 Å². The summed E-state index contributed by atoms with van der Waals surface area (Å²) in [6, 6.07) is 5.63. The third-order valence-electron chi connectivity index (χ3n) is 2.95. The summed E-state index contributed by atoms with van der Waals surface area (Å²) in [5.74, 6) is 2.57. The number of imidazole rings is 1. The number of nitrogen functional groups attached to an aromatic ring is 1. The Morgan fingerprint density at radius 2 is 2.26 bits per heavy atom. The molecule has 0 saturated heterocycles. The molecule has 2 aromatic heterocycles. The first kappa shape index (κ1) is 11.6. The predicted molar refractivity (Wildman–Crippen MR) is 71.0 cm³/mol. The van der Waals surface area contributed by atoms with E-state index in [2.05, 4.69) is 9.97 Å². The van der Waals surface area contributed by atoms with Crippen molar-refractivity contribution in [3.63, 3.8) is 0 Å². The molecule has 0 aliphatic rings. The first-order chi connectivity index (χ1) is 9.17. The minimum absolute atomic E-state index is 0.430. The molecule has 98 valence electrons. The molecule has 0 fully saturated rings. The molecular formula is C13H14N4O2. The number of aromatic nitrogens is 3. The van der Waals surface area contributed by atoms with E-state index in [4.69, 9.17) is 14.9 Å². The van der Waals surface area contributed by atoms with E-state index in [1.54, 1.807) is 13.3 Å². The number of fused-ring (bicyclic) bond motifs is 1. The zero-order chi connectivity index (χ0) is 13.4. The molecule has 1 aromatic carbocycles. The second-order valence-electron chi connectivity index (χ2n) is 4.28. The average Bonchev–Trinajstić information content (AvgIpc) is 2.94. The highest BCUT2D eigenvalue weighted by Crippen LogP contribution is 2.23. The fourth-order valence-electron chi connectivity index (χ4n) is 2.02. The molecular weight excluding hydrogens is 244 g/mol. The molecule has 0 atom stereocenters. The van der Waals surface area contributed by atoms with Gasteiger partial charge in [0.25, 0.3) is 0 Å². The van der Waals surface area contributed by atoms with Crippen molar-refractivity contribution in [1.82, 2.24) is 14.5 Å². The van der Waals surface area contributed by atoms with Gasteiger partial charge in [0.05, 0.1) is 24.3 Å². The predicted octanol–water partition coefficient (Wildman–Crippen LogP) is 1.97. The smallest absolute Gasteiger partial charge is 0.214 e. The maximum absolute atomic E-state index is 5.94. The summed E-state index contributed by atoms with van der Waals surface area (Å²) in [5.41, 5.74) is 7.66. The third kappa shape index (κ3) is 2.01. The number of nitrogens with two attached hydrogens (primary N) is 1. The molecule has 0 amide bonds. The highest BCUT2D eigenvalue weighted by atomic mass is 16.5. The Morgan fingerprint density at radius 1 is 1.42 bits per heavy atom. The zero-order valence-electron chi connectivity index (χ0n) is 10.8. The van der Waals surface area contributed by atoms with Crippen molar-refractivity contribution in [2.45, 2.75) is 13.5 Å². The van der Waals surface area contributed by atoms with Crippen molar-refractivity contribution in [2.24, 2.45) is 0 Å². The van der Waals surface area contributed by atoms with Crippen molar-refractivity contribution in [2.75, 3.05) is 12.8 Å². The fourth-order valence-corrected chi connectivity index (χ4v) is 2.02. The van der Waals surface area contributed by atoms with Crippen LogP contribution in [0.5, 0.6) is 5.75 Å². The highest BCUT2D eigenvalue weighted by Gasteiger charge is 2.11. The maximum atomic E-state index is 5.94. The monoisotopic (exact) mass is 258 g/mol. The van der Waals surface area contributed by atoms with Crippen molar-refractivity contribution in [1.29, 1.82) is 0 Å². The van der Waals surface area contributed by atoms with Crippen LogP contribution in [-0.2, 0) is 6.54 Å². The van der Waals surface area contributed by atoms with Crippen molar-refractivity contribution in [3.8, 4) is 5.75 Å². The van der Waals surface area contributed by atoms with E-state index in [0.717, 1.165) is 22.5 Å². The number of ether oxygens (including phenoxy) is 1. The molecule has 2 N–H and O–H groups in total. The number of anilines is 1. The number of rotatable bonds is 3. The largest absolute Gasteiger partial charge is 0.497 e. The molecule has 0 bridgehead atoms. The van der Waals surface area contributed by atoms with Crippen LogP contribution in [-0.4, -0.2) is 21.6 Å². The van der Waals surface area contributed by atoms with Gasteiger partial charge in [-0.15, -0.1) is 0 Å². The number of nitrogens with zero attached hydrogens (tertiary/aromatic N) is 3. The van der Waals surface area contributed by atoms with Crippen LogP contribution in [0.3, 0.4) is 0 Å². The SMILES string of the molecule is COc1ccc2nc(N)n(Cc3ncc(C)o3)c2c1. The van der Waals surface area contributed by atoms with E-state index in [0.29, 0.717) is 18.4 Å². The second-order valence-corrected chi connectivity index (χ2v) is 4.28. The summed E-state index contributed by atoms with van der Waals surface area (Å²) in [6.07, 6.45) is 1.69. The summed E-state index contributed by atoms with van der Waals surface area (Å²) >= 11 is 0. The Labute approximate surface area is 109 Å². The van der Waals surface area contributed by atoms with E-state index in [9.17, 15) is 0 Å². The average molecular weight is 258 g/mol. The molecule has 2 heterocycles. The molecule has 0 aliphatic heterocycles. The molecule has 0 saturated carbocycles. The van der Waals surface area contributed by atoms with Crippen LogP contribution >= 0.6 is 0 Å². The molecule has 0 aliphatic carbocycles. The summed E-state index contributed by atoms with van der Waals surface area (Å²) in [6.45, 7) is 2.30. The van der Waals surface area contributed by atoms with Crippen molar-refractivity contribution in [3.05, 3.63) is 36.0 Å². The minimum atomic E-state index is 0.430. The zero-order valence-corrected chi connectivity index (χ0v) is 10.8.